The second-order valence-electron chi connectivity index (χ2n) is 4.02. The van der Waals surface area contributed by atoms with E-state index in [1.807, 2.05) is 0 Å². The van der Waals surface area contributed by atoms with Crippen molar-refractivity contribution in [3.63, 3.8) is 0 Å². The Morgan fingerprint density at radius 2 is 1.29 bits per heavy atom. The molecule has 0 atom stereocenters. The number of hydrogen-bond acceptors (Lipinski definition) is 4. The summed E-state index contributed by atoms with van der Waals surface area (Å²) in [4.78, 5) is -0.258. The molecule has 21 heavy (non-hydrogen) atoms. The van der Waals surface area contributed by atoms with Gasteiger partial charge < -0.3 is 0 Å². The maximum atomic E-state index is 12.8. The van der Waals surface area contributed by atoms with Gasteiger partial charge in [0.05, 0.1) is 9.79 Å². The van der Waals surface area contributed by atoms with Gasteiger partial charge in [0.2, 0.25) is 0 Å². The van der Waals surface area contributed by atoms with E-state index in [4.69, 9.17) is 10.7 Å². The molecule has 0 aliphatic rings. The number of hydrogen-bond donors (Lipinski definition) is 1. The standard InChI is InChI=1S/C12H9ClFNO4S2/c13-20(16,17)11-7-3-10(4-8-11)15-21(18,19)12-5-1-9(14)2-6-12/h1-8,15H. The highest BCUT2D eigenvalue weighted by atomic mass is 35.7. The lowest BCUT2D eigenvalue weighted by Crippen LogP contribution is -2.12. The Hall–Kier alpha value is -1.64. The van der Waals surface area contributed by atoms with Gasteiger partial charge in [0.25, 0.3) is 19.1 Å². The Labute approximate surface area is 125 Å². The molecule has 0 spiro atoms. The van der Waals surface area contributed by atoms with Crippen molar-refractivity contribution in [2.24, 2.45) is 0 Å². The van der Waals surface area contributed by atoms with E-state index in [2.05, 4.69) is 4.72 Å². The van der Waals surface area contributed by atoms with Crippen LogP contribution in [-0.2, 0) is 19.1 Å². The number of rotatable bonds is 4. The van der Waals surface area contributed by atoms with Gasteiger partial charge >= 0.3 is 0 Å². The normalized spacial score (nSPS) is 12.1. The zero-order chi connectivity index (χ0) is 15.7. The van der Waals surface area contributed by atoms with Crippen LogP contribution < -0.4 is 4.72 Å². The van der Waals surface area contributed by atoms with E-state index in [1.54, 1.807) is 0 Å². The zero-order valence-electron chi connectivity index (χ0n) is 10.3. The summed E-state index contributed by atoms with van der Waals surface area (Å²) in [5.74, 6) is -0.550. The van der Waals surface area contributed by atoms with Gasteiger partial charge in [-0.1, -0.05) is 0 Å². The Balaban J connectivity index is 2.27. The van der Waals surface area contributed by atoms with E-state index in [0.29, 0.717) is 0 Å². The number of halogens is 2. The lowest BCUT2D eigenvalue weighted by atomic mass is 10.3. The highest BCUT2D eigenvalue weighted by Gasteiger charge is 2.15. The monoisotopic (exact) mass is 349 g/mol. The number of nitrogens with one attached hydrogen (secondary N) is 1. The number of benzene rings is 2. The summed E-state index contributed by atoms with van der Waals surface area (Å²) in [5, 5.41) is 0. The van der Waals surface area contributed by atoms with Crippen LogP contribution in [0.4, 0.5) is 10.1 Å². The van der Waals surface area contributed by atoms with Crippen molar-refractivity contribution in [3.05, 3.63) is 54.3 Å². The van der Waals surface area contributed by atoms with Crippen molar-refractivity contribution >= 4 is 35.4 Å². The first-order chi connectivity index (χ1) is 9.68. The molecule has 0 aliphatic carbocycles. The van der Waals surface area contributed by atoms with Gasteiger partial charge in [-0.2, -0.15) is 0 Å². The van der Waals surface area contributed by atoms with Gasteiger partial charge in [0.15, 0.2) is 0 Å². The van der Waals surface area contributed by atoms with Gasteiger partial charge in [-0.25, -0.2) is 21.2 Å². The molecule has 0 amide bonds. The molecule has 112 valence electrons. The topological polar surface area (TPSA) is 80.3 Å². The van der Waals surface area contributed by atoms with Crippen LogP contribution in [0.15, 0.2) is 58.3 Å². The SMILES string of the molecule is O=S(=O)(Cl)c1ccc(NS(=O)(=O)c2ccc(F)cc2)cc1. The van der Waals surface area contributed by atoms with Crippen LogP contribution in [0.25, 0.3) is 0 Å². The first-order valence-corrected chi connectivity index (χ1v) is 9.31. The van der Waals surface area contributed by atoms with E-state index >= 15 is 0 Å². The molecule has 0 radical (unpaired) electrons. The van der Waals surface area contributed by atoms with Crippen LogP contribution >= 0.6 is 10.7 Å². The van der Waals surface area contributed by atoms with Gasteiger partial charge in [0, 0.05) is 16.4 Å². The van der Waals surface area contributed by atoms with E-state index in [1.165, 1.54) is 24.3 Å². The quantitative estimate of drug-likeness (QED) is 0.860. The van der Waals surface area contributed by atoms with Crippen LogP contribution in [0.5, 0.6) is 0 Å². The Morgan fingerprint density at radius 3 is 1.76 bits per heavy atom. The maximum absolute atomic E-state index is 12.8. The molecule has 9 heteroatoms. The van der Waals surface area contributed by atoms with E-state index in [-0.39, 0.29) is 15.5 Å². The fraction of sp³-hybridized carbons (Fsp3) is 0. The molecule has 5 nitrogen and oxygen atoms in total. The van der Waals surface area contributed by atoms with Crippen molar-refractivity contribution in [2.45, 2.75) is 9.79 Å². The summed E-state index contributed by atoms with van der Waals surface area (Å²) in [6, 6.07) is 9.16. The smallest absolute Gasteiger partial charge is 0.261 e. The van der Waals surface area contributed by atoms with Crippen molar-refractivity contribution in [1.29, 1.82) is 0 Å². The molecule has 1 N–H and O–H groups in total. The van der Waals surface area contributed by atoms with Crippen LogP contribution in [-0.4, -0.2) is 16.8 Å². The largest absolute Gasteiger partial charge is 0.280 e. The van der Waals surface area contributed by atoms with Crippen LogP contribution in [0.1, 0.15) is 0 Å². The molecule has 2 aromatic carbocycles. The lowest BCUT2D eigenvalue weighted by molar-refractivity contribution is 0.599. The van der Waals surface area contributed by atoms with Gasteiger partial charge in [0.1, 0.15) is 5.82 Å². The van der Waals surface area contributed by atoms with Crippen molar-refractivity contribution in [2.75, 3.05) is 4.72 Å². The molecule has 0 fully saturated rings. The predicted molar refractivity (Wildman–Crippen MR) is 76.7 cm³/mol. The molecule has 0 unspecified atom stereocenters. The van der Waals surface area contributed by atoms with E-state index in [9.17, 15) is 21.2 Å². The first kappa shape index (κ1) is 15.7. The third-order valence-corrected chi connectivity index (χ3v) is 5.28. The number of sulfonamides is 1. The summed E-state index contributed by atoms with van der Waals surface area (Å²) in [6.45, 7) is 0. The van der Waals surface area contributed by atoms with Gasteiger partial charge in [-0.05, 0) is 48.5 Å². The lowest BCUT2D eigenvalue weighted by Gasteiger charge is -2.08. The average molecular weight is 350 g/mol. The average Bonchev–Trinajstić information content (AvgIpc) is 2.38. The van der Waals surface area contributed by atoms with Gasteiger partial charge in [-0.3, -0.25) is 4.72 Å². The van der Waals surface area contributed by atoms with E-state index < -0.39 is 24.9 Å². The van der Waals surface area contributed by atoms with E-state index in [0.717, 1.165) is 24.3 Å². The van der Waals surface area contributed by atoms with Crippen molar-refractivity contribution < 1.29 is 21.2 Å². The van der Waals surface area contributed by atoms with Crippen molar-refractivity contribution in [3.8, 4) is 0 Å². The van der Waals surface area contributed by atoms with Crippen LogP contribution in [0, 0.1) is 5.82 Å². The van der Waals surface area contributed by atoms with Crippen LogP contribution in [0.3, 0.4) is 0 Å². The molecule has 2 aromatic rings. The molecule has 0 heterocycles. The summed E-state index contributed by atoms with van der Waals surface area (Å²) in [7, 11) is -2.59. The fourth-order valence-electron chi connectivity index (χ4n) is 1.51. The third-order valence-electron chi connectivity index (χ3n) is 2.51. The zero-order valence-corrected chi connectivity index (χ0v) is 12.7. The first-order valence-electron chi connectivity index (χ1n) is 5.52. The summed E-state index contributed by atoms with van der Waals surface area (Å²) in [5.41, 5.74) is 0.156. The summed E-state index contributed by atoms with van der Waals surface area (Å²) >= 11 is 0. The van der Waals surface area contributed by atoms with Crippen molar-refractivity contribution in [1.82, 2.24) is 0 Å². The molecule has 0 aliphatic heterocycles. The Morgan fingerprint density at radius 1 is 0.810 bits per heavy atom. The molecule has 0 aromatic heterocycles. The highest BCUT2D eigenvalue weighted by molar-refractivity contribution is 8.13. The molecular formula is C12H9ClFNO4S2. The molecule has 0 saturated carbocycles. The highest BCUT2D eigenvalue weighted by Crippen LogP contribution is 2.20. The molecule has 0 bridgehead atoms. The molecule has 0 saturated heterocycles. The summed E-state index contributed by atoms with van der Waals surface area (Å²) < 4.78 is 61.2. The molecular weight excluding hydrogens is 341 g/mol. The summed E-state index contributed by atoms with van der Waals surface area (Å²) in [6.07, 6.45) is 0. The fourth-order valence-corrected chi connectivity index (χ4v) is 3.34. The van der Waals surface area contributed by atoms with Crippen LogP contribution in [0.2, 0.25) is 0 Å². The third kappa shape index (κ3) is 3.93. The number of anilines is 1. The maximum Gasteiger partial charge on any atom is 0.261 e. The minimum absolute atomic E-state index is 0.113. The second-order valence-corrected chi connectivity index (χ2v) is 8.27. The minimum atomic E-state index is -3.88. The Bertz CT molecular complexity index is 847. The minimum Gasteiger partial charge on any atom is -0.280 e. The second kappa shape index (κ2) is 5.63. The predicted octanol–water partition coefficient (Wildman–Crippen LogP) is 2.55. The molecule has 2 rings (SSSR count). The van der Waals surface area contributed by atoms with Gasteiger partial charge in [-0.15, -0.1) is 0 Å². The Kier molecular flexibility index (Phi) is 4.22.